The summed E-state index contributed by atoms with van der Waals surface area (Å²) in [5.41, 5.74) is 7.11. The highest BCUT2D eigenvalue weighted by Crippen LogP contribution is 2.45. The monoisotopic (exact) mass is 521 g/mol. The van der Waals surface area contributed by atoms with E-state index < -0.39 is 0 Å². The van der Waals surface area contributed by atoms with Crippen molar-refractivity contribution in [2.45, 2.75) is 39.2 Å². The van der Waals surface area contributed by atoms with Crippen LogP contribution >= 0.6 is 11.6 Å². The molecule has 0 radical (unpaired) electrons. The Morgan fingerprint density at radius 3 is 2.65 bits per heavy atom. The summed E-state index contributed by atoms with van der Waals surface area (Å²) in [6.45, 7) is 6.72. The molecule has 0 unspecified atom stereocenters. The molecule has 2 aliphatic rings. The highest BCUT2D eigenvalue weighted by atomic mass is 35.5. The molecule has 0 amide bonds. The summed E-state index contributed by atoms with van der Waals surface area (Å²) in [4.78, 5) is 2.27. The molecule has 0 aliphatic carbocycles. The second kappa shape index (κ2) is 11.2. The van der Waals surface area contributed by atoms with Gasteiger partial charge in [0.05, 0.1) is 13.3 Å². The van der Waals surface area contributed by atoms with Gasteiger partial charge in [-0.25, -0.2) is 0 Å². The first-order valence-electron chi connectivity index (χ1n) is 13.0. The van der Waals surface area contributed by atoms with Crippen molar-refractivity contribution in [3.63, 3.8) is 0 Å². The molecule has 1 fully saturated rings. The summed E-state index contributed by atoms with van der Waals surface area (Å²) in [5.74, 6) is 1.76. The number of fused-ring (bicyclic) bond motifs is 1. The first-order valence-corrected chi connectivity index (χ1v) is 13.3. The molecule has 3 aromatic carbocycles. The van der Waals surface area contributed by atoms with E-state index in [1.165, 1.54) is 0 Å². The van der Waals surface area contributed by atoms with Crippen LogP contribution in [0, 0.1) is 13.8 Å². The topological polar surface area (TPSA) is 41.9 Å². The van der Waals surface area contributed by atoms with Crippen LogP contribution in [0.5, 0.6) is 17.2 Å². The van der Waals surface area contributed by atoms with E-state index in [0.717, 1.165) is 75.8 Å². The number of phenols is 1. The number of halogens is 2. The summed E-state index contributed by atoms with van der Waals surface area (Å²) in [5, 5.41) is 11.1. The first-order chi connectivity index (χ1) is 18.0. The average molecular weight is 522 g/mol. The fourth-order valence-electron chi connectivity index (χ4n) is 5.41. The van der Waals surface area contributed by atoms with Crippen LogP contribution in [-0.4, -0.2) is 49.0 Å². The van der Waals surface area contributed by atoms with E-state index in [1.54, 1.807) is 6.07 Å². The predicted octanol–water partition coefficient (Wildman–Crippen LogP) is 7.22. The van der Waals surface area contributed by atoms with Crippen molar-refractivity contribution < 1.29 is 19.0 Å². The van der Waals surface area contributed by atoms with Crippen LogP contribution < -0.4 is 9.47 Å². The summed E-state index contributed by atoms with van der Waals surface area (Å²) in [6, 6.07) is 17.9. The number of hydrogen-bond acceptors (Lipinski definition) is 4. The van der Waals surface area contributed by atoms with Gasteiger partial charge in [-0.3, -0.25) is 9.29 Å². The number of rotatable bonds is 7. The minimum atomic E-state index is -0.274. The molecular weight excluding hydrogens is 489 g/mol. The minimum Gasteiger partial charge on any atom is -0.508 e. The zero-order chi connectivity index (χ0) is 25.9. The van der Waals surface area contributed by atoms with E-state index in [9.17, 15) is 9.50 Å². The van der Waals surface area contributed by atoms with Gasteiger partial charge in [0.2, 0.25) is 0 Å². The Morgan fingerprint density at radius 2 is 1.86 bits per heavy atom. The van der Waals surface area contributed by atoms with Gasteiger partial charge < -0.3 is 14.6 Å². The van der Waals surface area contributed by atoms with E-state index in [2.05, 4.69) is 23.1 Å². The van der Waals surface area contributed by atoms with Crippen molar-refractivity contribution in [3.05, 3.63) is 87.4 Å². The molecule has 2 aliphatic heterocycles. The normalized spacial score (nSPS) is 17.9. The van der Waals surface area contributed by atoms with Gasteiger partial charge in [-0.05, 0) is 84.9 Å². The number of benzene rings is 3. The van der Waals surface area contributed by atoms with Crippen molar-refractivity contribution in [2.24, 2.45) is 0 Å². The number of alkyl halides is 1. The molecule has 1 saturated heterocycles. The lowest BCUT2D eigenvalue weighted by Crippen LogP contribution is -2.26. The molecule has 0 spiro atoms. The third kappa shape index (κ3) is 5.34. The molecule has 2 heterocycles. The molecule has 194 valence electrons. The van der Waals surface area contributed by atoms with E-state index in [-0.39, 0.29) is 18.5 Å². The van der Waals surface area contributed by atoms with Crippen LogP contribution in [0.1, 0.15) is 47.1 Å². The lowest BCUT2D eigenvalue weighted by Gasteiger charge is -2.19. The van der Waals surface area contributed by atoms with Gasteiger partial charge >= 0.3 is 0 Å². The summed E-state index contributed by atoms with van der Waals surface area (Å²) >= 11 is 6.53. The minimum absolute atomic E-state index is 0.118. The van der Waals surface area contributed by atoms with Crippen molar-refractivity contribution in [2.75, 3.05) is 32.9 Å². The van der Waals surface area contributed by atoms with Crippen LogP contribution in [0.4, 0.5) is 4.39 Å². The number of aromatic hydroxyl groups is 1. The Bertz CT molecular complexity index is 1300. The Morgan fingerprint density at radius 1 is 1.05 bits per heavy atom. The predicted molar refractivity (Wildman–Crippen MR) is 148 cm³/mol. The molecule has 0 saturated carbocycles. The fraction of sp³-hybridized carbons (Fsp3) is 0.355. The molecular formula is C31H33ClFNO3. The first kappa shape index (κ1) is 25.6. The zero-order valence-corrected chi connectivity index (χ0v) is 22.2. The number of ether oxygens (including phenoxy) is 2. The molecule has 5 rings (SSSR count). The van der Waals surface area contributed by atoms with Gasteiger partial charge in [0.25, 0.3) is 0 Å². The Hall–Kier alpha value is -3.02. The standard InChI is InChI=1S/C31H33ClFNO3/c1-20-25(5-3-6-28(20)32)26-14-18-36-31-21(2)29(35)12-11-27(31)30(26)22-7-9-23(10-8-22)37-24-13-17-34(19-24)16-4-15-33/h3,5-12,24,35H,4,13-19H2,1-2H3/t24-/m0/s1. The highest BCUT2D eigenvalue weighted by Gasteiger charge is 2.26. The van der Waals surface area contributed by atoms with Gasteiger partial charge in [-0.2, -0.15) is 0 Å². The van der Waals surface area contributed by atoms with Gasteiger partial charge in [-0.1, -0.05) is 35.9 Å². The molecule has 6 heteroatoms. The van der Waals surface area contributed by atoms with E-state index in [0.29, 0.717) is 25.2 Å². The Balaban J connectivity index is 1.52. The number of likely N-dealkylation sites (tertiary alicyclic amines) is 1. The largest absolute Gasteiger partial charge is 0.508 e. The van der Waals surface area contributed by atoms with Gasteiger partial charge in [0, 0.05) is 42.2 Å². The second-order valence-electron chi connectivity index (χ2n) is 9.85. The highest BCUT2D eigenvalue weighted by molar-refractivity contribution is 6.31. The molecule has 3 aromatic rings. The fourth-order valence-corrected chi connectivity index (χ4v) is 5.59. The smallest absolute Gasteiger partial charge is 0.133 e. The Kier molecular flexibility index (Phi) is 7.73. The summed E-state index contributed by atoms with van der Waals surface area (Å²) < 4.78 is 25.0. The van der Waals surface area contributed by atoms with Crippen LogP contribution in [0.3, 0.4) is 0 Å². The Labute approximate surface area is 223 Å². The van der Waals surface area contributed by atoms with Gasteiger partial charge in [0.15, 0.2) is 0 Å². The lowest BCUT2D eigenvalue weighted by molar-refractivity contribution is 0.198. The number of phenolic OH excluding ortho intramolecular Hbond substituents is 1. The van der Waals surface area contributed by atoms with Gasteiger partial charge in [-0.15, -0.1) is 0 Å². The van der Waals surface area contributed by atoms with Crippen molar-refractivity contribution >= 4 is 22.7 Å². The number of hydrogen-bond donors (Lipinski definition) is 1. The summed E-state index contributed by atoms with van der Waals surface area (Å²) in [7, 11) is 0. The molecule has 0 bridgehead atoms. The van der Waals surface area contributed by atoms with Crippen molar-refractivity contribution in [1.82, 2.24) is 4.90 Å². The SMILES string of the molecule is Cc1c(Cl)cccc1C1=C(c2ccc(O[C@H]3CCN(CCCF)C3)cc2)c2ccc(O)c(C)c2OCC1. The summed E-state index contributed by atoms with van der Waals surface area (Å²) in [6.07, 6.45) is 2.35. The second-order valence-corrected chi connectivity index (χ2v) is 10.3. The third-order valence-electron chi connectivity index (χ3n) is 7.42. The van der Waals surface area contributed by atoms with E-state index >= 15 is 0 Å². The number of nitrogens with zero attached hydrogens (tertiary/aromatic N) is 1. The maximum absolute atomic E-state index is 12.5. The maximum Gasteiger partial charge on any atom is 0.133 e. The van der Waals surface area contributed by atoms with Crippen LogP contribution in [0.15, 0.2) is 54.6 Å². The third-order valence-corrected chi connectivity index (χ3v) is 7.83. The quantitative estimate of drug-likeness (QED) is 0.356. The van der Waals surface area contributed by atoms with Gasteiger partial charge in [0.1, 0.15) is 23.4 Å². The van der Waals surface area contributed by atoms with Crippen molar-refractivity contribution in [3.8, 4) is 17.2 Å². The maximum atomic E-state index is 12.5. The average Bonchev–Trinajstić information content (AvgIpc) is 3.25. The van der Waals surface area contributed by atoms with E-state index in [4.69, 9.17) is 21.1 Å². The molecule has 1 N–H and O–H groups in total. The van der Waals surface area contributed by atoms with Crippen LogP contribution in [-0.2, 0) is 0 Å². The lowest BCUT2D eigenvalue weighted by atomic mass is 9.86. The van der Waals surface area contributed by atoms with E-state index in [1.807, 2.05) is 44.2 Å². The zero-order valence-electron chi connectivity index (χ0n) is 21.4. The molecule has 0 aromatic heterocycles. The molecule has 1 atom stereocenters. The van der Waals surface area contributed by atoms with Crippen LogP contribution in [0.25, 0.3) is 11.1 Å². The molecule has 4 nitrogen and oxygen atoms in total. The van der Waals surface area contributed by atoms with Crippen molar-refractivity contribution in [1.29, 1.82) is 0 Å². The van der Waals surface area contributed by atoms with Crippen LogP contribution in [0.2, 0.25) is 5.02 Å². The molecule has 37 heavy (non-hydrogen) atoms.